The fraction of sp³-hybridized carbons (Fsp3) is 0.818. The topological polar surface area (TPSA) is 30.5 Å². The van der Waals surface area contributed by atoms with Gasteiger partial charge in [-0.05, 0) is 32.2 Å². The zero-order chi connectivity index (χ0) is 10.1. The van der Waals surface area contributed by atoms with Crippen LogP contribution < -0.4 is 5.32 Å². The van der Waals surface area contributed by atoms with Gasteiger partial charge in [0, 0.05) is 19.3 Å². The molecular weight excluding hydrogens is 178 g/mol. The number of ether oxygens (including phenoxy) is 2. The number of hydrogen-bond donors (Lipinski definition) is 1. The van der Waals surface area contributed by atoms with Crippen LogP contribution in [-0.2, 0) is 9.47 Å². The molecule has 1 N–H and O–H groups in total. The first-order chi connectivity index (χ1) is 6.93. The highest BCUT2D eigenvalue weighted by Gasteiger charge is 2.10. The van der Waals surface area contributed by atoms with Crippen LogP contribution in [0, 0.1) is 0 Å². The van der Waals surface area contributed by atoms with Crippen LogP contribution in [0.5, 0.6) is 0 Å². The molecule has 1 fully saturated rings. The molecule has 0 aromatic rings. The van der Waals surface area contributed by atoms with Crippen LogP contribution in [0.4, 0.5) is 0 Å². The van der Waals surface area contributed by atoms with Crippen LogP contribution in [0.1, 0.15) is 25.7 Å². The maximum Gasteiger partial charge on any atom is 0.0885 e. The smallest absolute Gasteiger partial charge is 0.0885 e. The molecule has 1 heterocycles. The lowest BCUT2D eigenvalue weighted by Crippen LogP contribution is -2.30. The first-order valence-electron chi connectivity index (χ1n) is 5.47. The Morgan fingerprint density at radius 2 is 2.36 bits per heavy atom. The maximum atomic E-state index is 5.39. The van der Waals surface area contributed by atoms with E-state index in [1.165, 1.54) is 19.1 Å². The van der Waals surface area contributed by atoms with Crippen molar-refractivity contribution in [1.82, 2.24) is 5.32 Å². The summed E-state index contributed by atoms with van der Waals surface area (Å²) in [7, 11) is 0. The highest BCUT2D eigenvalue weighted by atomic mass is 16.5. The molecule has 0 aliphatic carbocycles. The monoisotopic (exact) mass is 199 g/mol. The molecule has 1 unspecified atom stereocenters. The van der Waals surface area contributed by atoms with E-state index in [1.807, 2.05) is 0 Å². The molecule has 0 aromatic carbocycles. The van der Waals surface area contributed by atoms with Gasteiger partial charge in [0.1, 0.15) is 0 Å². The van der Waals surface area contributed by atoms with Crippen LogP contribution in [0.3, 0.4) is 0 Å². The summed E-state index contributed by atoms with van der Waals surface area (Å²) in [5, 5.41) is 3.53. The van der Waals surface area contributed by atoms with Gasteiger partial charge in [-0.1, -0.05) is 6.58 Å². The lowest BCUT2D eigenvalue weighted by molar-refractivity contribution is 0.142. The van der Waals surface area contributed by atoms with Crippen molar-refractivity contribution in [1.29, 1.82) is 0 Å². The second kappa shape index (κ2) is 7.83. The second-order valence-electron chi connectivity index (χ2n) is 3.59. The minimum absolute atomic E-state index is 0.640. The lowest BCUT2D eigenvalue weighted by atomic mass is 10.1. The molecule has 0 aromatic heterocycles. The molecule has 3 heteroatoms. The van der Waals surface area contributed by atoms with Crippen molar-refractivity contribution in [2.45, 2.75) is 31.7 Å². The van der Waals surface area contributed by atoms with Gasteiger partial charge in [0.05, 0.1) is 12.9 Å². The molecular formula is C11H21NO2. The van der Waals surface area contributed by atoms with Gasteiger partial charge in [0.2, 0.25) is 0 Å². The molecule has 0 spiro atoms. The van der Waals surface area contributed by atoms with Crippen molar-refractivity contribution in [3.05, 3.63) is 12.8 Å². The van der Waals surface area contributed by atoms with Crippen molar-refractivity contribution in [3.63, 3.8) is 0 Å². The van der Waals surface area contributed by atoms with E-state index in [0.717, 1.165) is 39.2 Å². The third kappa shape index (κ3) is 5.25. The predicted molar refractivity (Wildman–Crippen MR) is 57.2 cm³/mol. The summed E-state index contributed by atoms with van der Waals surface area (Å²) in [6.07, 6.45) is 6.11. The minimum Gasteiger partial charge on any atom is -0.502 e. The summed E-state index contributed by atoms with van der Waals surface area (Å²) in [5.74, 6) is 0. The van der Waals surface area contributed by atoms with E-state index >= 15 is 0 Å². The molecule has 0 amide bonds. The molecule has 82 valence electrons. The summed E-state index contributed by atoms with van der Waals surface area (Å²) in [5.41, 5.74) is 0. The molecule has 0 bridgehead atoms. The third-order valence-electron chi connectivity index (χ3n) is 2.44. The molecule has 0 saturated carbocycles. The summed E-state index contributed by atoms with van der Waals surface area (Å²) in [6, 6.07) is 0.640. The van der Waals surface area contributed by atoms with Crippen LogP contribution in [0.15, 0.2) is 12.8 Å². The van der Waals surface area contributed by atoms with Crippen LogP contribution in [0.2, 0.25) is 0 Å². The van der Waals surface area contributed by atoms with E-state index in [4.69, 9.17) is 9.47 Å². The van der Waals surface area contributed by atoms with Crippen LogP contribution in [0.25, 0.3) is 0 Å². The lowest BCUT2D eigenvalue weighted by Gasteiger charge is -2.15. The summed E-state index contributed by atoms with van der Waals surface area (Å²) in [6.45, 7) is 7.12. The van der Waals surface area contributed by atoms with Gasteiger partial charge in [-0.25, -0.2) is 0 Å². The average Bonchev–Trinajstić information content (AvgIpc) is 2.46. The second-order valence-corrected chi connectivity index (χ2v) is 3.59. The quantitative estimate of drug-likeness (QED) is 0.521. The minimum atomic E-state index is 0.640. The average molecular weight is 199 g/mol. The number of hydrogen-bond acceptors (Lipinski definition) is 3. The highest BCUT2D eigenvalue weighted by molar-refractivity contribution is 4.69. The number of rotatable bonds is 6. The Kier molecular flexibility index (Phi) is 6.45. The predicted octanol–water partition coefficient (Wildman–Crippen LogP) is 1.70. The maximum absolute atomic E-state index is 5.39. The molecule has 1 aliphatic heterocycles. The van der Waals surface area contributed by atoms with E-state index in [1.54, 1.807) is 0 Å². The fourth-order valence-corrected chi connectivity index (χ4v) is 1.65. The van der Waals surface area contributed by atoms with Crippen molar-refractivity contribution in [2.24, 2.45) is 0 Å². The Balaban J connectivity index is 1.96. The Bertz CT molecular complexity index is 142. The molecule has 1 aliphatic rings. The molecule has 1 atom stereocenters. The Labute approximate surface area is 86.5 Å². The first kappa shape index (κ1) is 11.5. The summed E-state index contributed by atoms with van der Waals surface area (Å²) < 4.78 is 10.4. The molecule has 14 heavy (non-hydrogen) atoms. The Morgan fingerprint density at radius 3 is 3.21 bits per heavy atom. The zero-order valence-electron chi connectivity index (χ0n) is 8.84. The fourth-order valence-electron chi connectivity index (χ4n) is 1.65. The van der Waals surface area contributed by atoms with E-state index in [2.05, 4.69) is 11.9 Å². The molecule has 1 rings (SSSR count). The van der Waals surface area contributed by atoms with Gasteiger partial charge in [-0.2, -0.15) is 0 Å². The zero-order valence-corrected chi connectivity index (χ0v) is 8.84. The number of nitrogens with one attached hydrogen (secondary N) is 1. The first-order valence-corrected chi connectivity index (χ1v) is 5.47. The van der Waals surface area contributed by atoms with Crippen molar-refractivity contribution in [3.8, 4) is 0 Å². The Morgan fingerprint density at radius 1 is 1.43 bits per heavy atom. The summed E-state index contributed by atoms with van der Waals surface area (Å²) >= 11 is 0. The van der Waals surface area contributed by atoms with Crippen molar-refractivity contribution < 1.29 is 9.47 Å². The third-order valence-corrected chi connectivity index (χ3v) is 2.44. The standard InChI is InChI=1S/C11H21NO2/c1-2-13-9-4-7-12-11-5-3-8-14-10-6-11/h2,11-12H,1,3-10H2. The van der Waals surface area contributed by atoms with Gasteiger partial charge in [-0.3, -0.25) is 0 Å². The molecule has 0 radical (unpaired) electrons. The Hall–Kier alpha value is -0.540. The molecule has 1 saturated heterocycles. The van der Waals surface area contributed by atoms with Crippen molar-refractivity contribution >= 4 is 0 Å². The van der Waals surface area contributed by atoms with E-state index < -0.39 is 0 Å². The SMILES string of the molecule is C=COCCCNC1CCCOCC1. The normalized spacial score (nSPS) is 22.7. The van der Waals surface area contributed by atoms with E-state index in [9.17, 15) is 0 Å². The van der Waals surface area contributed by atoms with Crippen molar-refractivity contribution in [2.75, 3.05) is 26.4 Å². The van der Waals surface area contributed by atoms with Crippen LogP contribution >= 0.6 is 0 Å². The molecule has 3 nitrogen and oxygen atoms in total. The van der Waals surface area contributed by atoms with Gasteiger partial charge in [-0.15, -0.1) is 0 Å². The van der Waals surface area contributed by atoms with Crippen LogP contribution in [-0.4, -0.2) is 32.4 Å². The van der Waals surface area contributed by atoms with E-state index in [-0.39, 0.29) is 0 Å². The highest BCUT2D eigenvalue weighted by Crippen LogP contribution is 2.07. The van der Waals surface area contributed by atoms with Gasteiger partial charge in [0.25, 0.3) is 0 Å². The van der Waals surface area contributed by atoms with Gasteiger partial charge in [0.15, 0.2) is 0 Å². The largest absolute Gasteiger partial charge is 0.502 e. The van der Waals surface area contributed by atoms with Gasteiger partial charge < -0.3 is 14.8 Å². The van der Waals surface area contributed by atoms with E-state index in [0.29, 0.717) is 6.04 Å². The summed E-state index contributed by atoms with van der Waals surface area (Å²) in [4.78, 5) is 0. The van der Waals surface area contributed by atoms with Gasteiger partial charge >= 0.3 is 0 Å².